The van der Waals surface area contributed by atoms with Crippen LogP contribution in [-0.2, 0) is 4.79 Å². The number of anilines is 1. The first-order valence-electron chi connectivity index (χ1n) is 6.72. The third-order valence-electron chi connectivity index (χ3n) is 3.50. The summed E-state index contributed by atoms with van der Waals surface area (Å²) in [6.07, 6.45) is 2.13. The zero-order valence-corrected chi connectivity index (χ0v) is 13.0. The molecule has 6 heteroatoms. The smallest absolute Gasteiger partial charge is 0.238 e. The molecule has 0 saturated carbocycles. The second kappa shape index (κ2) is 7.27. The van der Waals surface area contributed by atoms with E-state index in [-0.39, 0.29) is 12.5 Å². The molecular formula is C14H19Cl2N3O. The van der Waals surface area contributed by atoms with E-state index in [1.54, 1.807) is 18.2 Å². The number of likely N-dealkylation sites (tertiary alicyclic amines) is 1. The van der Waals surface area contributed by atoms with Gasteiger partial charge in [-0.05, 0) is 45.1 Å². The number of nitrogens with zero attached hydrogens (tertiary/aromatic N) is 1. The van der Waals surface area contributed by atoms with Crippen LogP contribution in [0.1, 0.15) is 12.8 Å². The van der Waals surface area contributed by atoms with Gasteiger partial charge in [-0.3, -0.25) is 4.79 Å². The summed E-state index contributed by atoms with van der Waals surface area (Å²) in [6.45, 7) is 2.40. The molecule has 1 fully saturated rings. The van der Waals surface area contributed by atoms with Crippen LogP contribution in [0.3, 0.4) is 0 Å². The van der Waals surface area contributed by atoms with Gasteiger partial charge in [0.25, 0.3) is 0 Å². The van der Waals surface area contributed by atoms with Crippen molar-refractivity contribution in [3.8, 4) is 0 Å². The SMILES string of the molecule is CN1CCC(NCC(=O)Nc2c(Cl)cccc2Cl)CC1. The minimum Gasteiger partial charge on any atom is -0.322 e. The molecule has 1 aromatic rings. The highest BCUT2D eigenvalue weighted by atomic mass is 35.5. The highest BCUT2D eigenvalue weighted by Gasteiger charge is 2.17. The largest absolute Gasteiger partial charge is 0.322 e. The lowest BCUT2D eigenvalue weighted by atomic mass is 10.1. The first-order chi connectivity index (χ1) is 9.56. The van der Waals surface area contributed by atoms with Crippen molar-refractivity contribution >= 4 is 34.8 Å². The molecule has 0 unspecified atom stereocenters. The molecule has 0 atom stereocenters. The number of amides is 1. The van der Waals surface area contributed by atoms with E-state index in [0.29, 0.717) is 21.8 Å². The summed E-state index contributed by atoms with van der Waals surface area (Å²) in [5.74, 6) is -0.126. The maximum Gasteiger partial charge on any atom is 0.238 e. The van der Waals surface area contributed by atoms with Crippen molar-refractivity contribution in [2.75, 3.05) is 32.0 Å². The Bertz CT molecular complexity index is 453. The van der Waals surface area contributed by atoms with Gasteiger partial charge in [-0.1, -0.05) is 29.3 Å². The molecule has 0 aromatic heterocycles. The predicted octanol–water partition coefficient (Wildman–Crippen LogP) is 2.62. The lowest BCUT2D eigenvalue weighted by Gasteiger charge is -2.29. The summed E-state index contributed by atoms with van der Waals surface area (Å²) in [6, 6.07) is 5.55. The van der Waals surface area contributed by atoms with E-state index >= 15 is 0 Å². The molecule has 4 nitrogen and oxygen atoms in total. The summed E-state index contributed by atoms with van der Waals surface area (Å²) in [5.41, 5.74) is 0.478. The maximum absolute atomic E-state index is 11.9. The van der Waals surface area contributed by atoms with Crippen LogP contribution < -0.4 is 10.6 Å². The van der Waals surface area contributed by atoms with Crippen molar-refractivity contribution in [1.29, 1.82) is 0 Å². The van der Waals surface area contributed by atoms with Crippen LogP contribution in [0, 0.1) is 0 Å². The fraction of sp³-hybridized carbons (Fsp3) is 0.500. The Morgan fingerprint density at radius 1 is 1.30 bits per heavy atom. The Morgan fingerprint density at radius 2 is 1.90 bits per heavy atom. The first-order valence-corrected chi connectivity index (χ1v) is 7.47. The molecule has 1 heterocycles. The topological polar surface area (TPSA) is 44.4 Å². The highest BCUT2D eigenvalue weighted by Crippen LogP contribution is 2.29. The summed E-state index contributed by atoms with van der Waals surface area (Å²) in [5, 5.41) is 6.93. The number of para-hydroxylation sites is 1. The lowest BCUT2D eigenvalue weighted by molar-refractivity contribution is -0.115. The average Bonchev–Trinajstić information content (AvgIpc) is 2.42. The van der Waals surface area contributed by atoms with Crippen LogP contribution in [0.15, 0.2) is 18.2 Å². The van der Waals surface area contributed by atoms with Crippen LogP contribution >= 0.6 is 23.2 Å². The molecular weight excluding hydrogens is 297 g/mol. The van der Waals surface area contributed by atoms with E-state index in [2.05, 4.69) is 22.6 Å². The van der Waals surface area contributed by atoms with Gasteiger partial charge in [-0.15, -0.1) is 0 Å². The van der Waals surface area contributed by atoms with Gasteiger partial charge in [0.1, 0.15) is 0 Å². The third kappa shape index (κ3) is 4.35. The molecule has 1 aliphatic rings. The Morgan fingerprint density at radius 3 is 2.50 bits per heavy atom. The van der Waals surface area contributed by atoms with Crippen molar-refractivity contribution < 1.29 is 4.79 Å². The maximum atomic E-state index is 11.9. The van der Waals surface area contributed by atoms with E-state index in [4.69, 9.17) is 23.2 Å². The van der Waals surface area contributed by atoms with Crippen molar-refractivity contribution in [2.24, 2.45) is 0 Å². The van der Waals surface area contributed by atoms with Crippen LogP contribution in [0.25, 0.3) is 0 Å². The lowest BCUT2D eigenvalue weighted by Crippen LogP contribution is -2.43. The number of hydrogen-bond acceptors (Lipinski definition) is 3. The first kappa shape index (κ1) is 15.6. The number of rotatable bonds is 4. The number of carbonyl (C=O) groups excluding carboxylic acids is 1. The monoisotopic (exact) mass is 315 g/mol. The van der Waals surface area contributed by atoms with Gasteiger partial charge in [0.15, 0.2) is 0 Å². The standard InChI is InChI=1S/C14H19Cl2N3O/c1-19-7-5-10(6-8-19)17-9-13(20)18-14-11(15)3-2-4-12(14)16/h2-4,10,17H,5-9H2,1H3,(H,18,20). The van der Waals surface area contributed by atoms with Crippen LogP contribution in [-0.4, -0.2) is 43.5 Å². The van der Waals surface area contributed by atoms with E-state index in [1.165, 1.54) is 0 Å². The molecule has 0 aliphatic carbocycles. The highest BCUT2D eigenvalue weighted by molar-refractivity contribution is 6.39. The van der Waals surface area contributed by atoms with Crippen molar-refractivity contribution in [1.82, 2.24) is 10.2 Å². The third-order valence-corrected chi connectivity index (χ3v) is 4.13. The molecule has 2 rings (SSSR count). The van der Waals surface area contributed by atoms with E-state index in [9.17, 15) is 4.79 Å². The number of nitrogens with one attached hydrogen (secondary N) is 2. The molecule has 0 radical (unpaired) electrons. The number of hydrogen-bond donors (Lipinski definition) is 2. The molecule has 1 aromatic carbocycles. The Balaban J connectivity index is 1.81. The van der Waals surface area contributed by atoms with Crippen molar-refractivity contribution in [2.45, 2.75) is 18.9 Å². The van der Waals surface area contributed by atoms with E-state index < -0.39 is 0 Å². The molecule has 1 amide bonds. The van der Waals surface area contributed by atoms with Crippen molar-refractivity contribution in [3.05, 3.63) is 28.2 Å². The minimum absolute atomic E-state index is 0.126. The molecule has 20 heavy (non-hydrogen) atoms. The average molecular weight is 316 g/mol. The van der Waals surface area contributed by atoms with Crippen LogP contribution in [0.5, 0.6) is 0 Å². The summed E-state index contributed by atoms with van der Waals surface area (Å²) < 4.78 is 0. The van der Waals surface area contributed by atoms with Crippen LogP contribution in [0.2, 0.25) is 10.0 Å². The normalized spacial score (nSPS) is 17.1. The van der Waals surface area contributed by atoms with Crippen molar-refractivity contribution in [3.63, 3.8) is 0 Å². The summed E-state index contributed by atoms with van der Waals surface area (Å²) >= 11 is 12.0. The van der Waals surface area contributed by atoms with Gasteiger partial charge in [-0.2, -0.15) is 0 Å². The van der Waals surface area contributed by atoms with E-state index in [0.717, 1.165) is 25.9 Å². The zero-order chi connectivity index (χ0) is 14.5. The number of carbonyl (C=O) groups is 1. The van der Waals surface area contributed by atoms with Gasteiger partial charge in [0.2, 0.25) is 5.91 Å². The fourth-order valence-corrected chi connectivity index (χ4v) is 2.74. The van der Waals surface area contributed by atoms with Gasteiger partial charge < -0.3 is 15.5 Å². The Kier molecular flexibility index (Phi) is 5.66. The van der Waals surface area contributed by atoms with Gasteiger partial charge in [0, 0.05) is 6.04 Å². The molecule has 110 valence electrons. The van der Waals surface area contributed by atoms with E-state index in [1.807, 2.05) is 0 Å². The Labute approximate surface area is 129 Å². The molecule has 0 spiro atoms. The molecule has 2 N–H and O–H groups in total. The summed E-state index contributed by atoms with van der Waals surface area (Å²) in [4.78, 5) is 14.2. The summed E-state index contributed by atoms with van der Waals surface area (Å²) in [7, 11) is 2.11. The molecule has 0 bridgehead atoms. The predicted molar refractivity (Wildman–Crippen MR) is 83.6 cm³/mol. The molecule has 1 saturated heterocycles. The minimum atomic E-state index is -0.126. The number of benzene rings is 1. The Hall–Kier alpha value is -0.810. The zero-order valence-electron chi connectivity index (χ0n) is 11.5. The second-order valence-corrected chi connectivity index (χ2v) is 5.92. The van der Waals surface area contributed by atoms with Crippen LogP contribution in [0.4, 0.5) is 5.69 Å². The fourth-order valence-electron chi connectivity index (χ4n) is 2.25. The van der Waals surface area contributed by atoms with Gasteiger partial charge in [-0.25, -0.2) is 0 Å². The van der Waals surface area contributed by atoms with Gasteiger partial charge >= 0.3 is 0 Å². The quantitative estimate of drug-likeness (QED) is 0.897. The number of piperidine rings is 1. The number of halogens is 2. The van der Waals surface area contributed by atoms with Gasteiger partial charge in [0.05, 0.1) is 22.3 Å². The second-order valence-electron chi connectivity index (χ2n) is 5.10. The molecule has 1 aliphatic heterocycles.